The van der Waals surface area contributed by atoms with Gasteiger partial charge in [0.2, 0.25) is 0 Å². The summed E-state index contributed by atoms with van der Waals surface area (Å²) in [6.07, 6.45) is 2.56. The largest absolute Gasteiger partial charge is 0.394 e. The Balaban J connectivity index is 0. The van der Waals surface area contributed by atoms with Crippen LogP contribution < -0.4 is 0 Å². The van der Waals surface area contributed by atoms with Gasteiger partial charge in [-0.2, -0.15) is 0 Å². The highest BCUT2D eigenvalue weighted by atomic mass is 16.5. The minimum Gasteiger partial charge on any atom is -0.394 e. The smallest absolute Gasteiger partial charge is 0.0662 e. The number of hydrogen-bond acceptors (Lipinski definition) is 3. The molecule has 0 radical (unpaired) electrons. The van der Waals surface area contributed by atoms with Crippen LogP contribution in [0.2, 0.25) is 0 Å². The van der Waals surface area contributed by atoms with Crippen molar-refractivity contribution < 1.29 is 14.9 Å². The van der Waals surface area contributed by atoms with E-state index in [-0.39, 0.29) is 13.2 Å². The minimum atomic E-state index is -0.125. The molecule has 1 heterocycles. The van der Waals surface area contributed by atoms with Gasteiger partial charge in [0.25, 0.3) is 0 Å². The van der Waals surface area contributed by atoms with Crippen LogP contribution in [0.1, 0.15) is 12.8 Å². The molecule has 1 rings (SSSR count). The summed E-state index contributed by atoms with van der Waals surface area (Å²) in [5.74, 6) is 0. The van der Waals surface area contributed by atoms with E-state index >= 15 is 0 Å². The van der Waals surface area contributed by atoms with Crippen LogP contribution in [0.3, 0.4) is 0 Å². The van der Waals surface area contributed by atoms with Crippen molar-refractivity contribution in [3.63, 3.8) is 0 Å². The first-order chi connectivity index (χ1) is 5.41. The predicted molar refractivity (Wildman–Crippen MR) is 45.5 cm³/mol. The first-order valence-corrected chi connectivity index (χ1v) is 3.71. The quantitative estimate of drug-likeness (QED) is 0.554. The standard InChI is InChI=1S/C4H8O.C2H6O2.C2H4/c1-2-4-5-3-1;3-1-2-4;1-2/h1-4H2;3-4H,1-2H2;1-2H2. The predicted octanol–water partition coefficient (Wildman–Crippen LogP) is 0.570. The highest BCUT2D eigenvalue weighted by molar-refractivity contribution is 4.43. The molecule has 2 N–H and O–H groups in total. The van der Waals surface area contributed by atoms with E-state index in [1.54, 1.807) is 0 Å². The molecule has 0 bridgehead atoms. The minimum absolute atomic E-state index is 0.125. The molecule has 1 aliphatic rings. The monoisotopic (exact) mass is 162 g/mol. The number of aliphatic hydroxyl groups excluding tert-OH is 2. The van der Waals surface area contributed by atoms with Crippen molar-refractivity contribution in [2.24, 2.45) is 0 Å². The molecule has 0 amide bonds. The van der Waals surface area contributed by atoms with Gasteiger partial charge < -0.3 is 14.9 Å². The zero-order valence-corrected chi connectivity index (χ0v) is 6.96. The lowest BCUT2D eigenvalue weighted by atomic mass is 10.4. The van der Waals surface area contributed by atoms with Gasteiger partial charge in [0.1, 0.15) is 0 Å². The molecule has 3 heteroatoms. The molecular weight excluding hydrogens is 144 g/mol. The van der Waals surface area contributed by atoms with Crippen LogP contribution in [0.15, 0.2) is 13.2 Å². The van der Waals surface area contributed by atoms with E-state index in [9.17, 15) is 0 Å². The second kappa shape index (κ2) is 16.3. The Hall–Kier alpha value is -0.380. The number of rotatable bonds is 1. The van der Waals surface area contributed by atoms with Gasteiger partial charge in [-0.15, -0.1) is 13.2 Å². The van der Waals surface area contributed by atoms with Crippen molar-refractivity contribution in [2.45, 2.75) is 12.8 Å². The van der Waals surface area contributed by atoms with E-state index in [2.05, 4.69) is 13.2 Å². The first-order valence-electron chi connectivity index (χ1n) is 3.71. The summed E-state index contributed by atoms with van der Waals surface area (Å²) in [5.41, 5.74) is 0. The van der Waals surface area contributed by atoms with E-state index in [0.717, 1.165) is 13.2 Å². The normalized spacial score (nSPS) is 14.0. The van der Waals surface area contributed by atoms with Crippen LogP contribution in [-0.2, 0) is 4.74 Å². The summed E-state index contributed by atoms with van der Waals surface area (Å²) in [4.78, 5) is 0. The van der Waals surface area contributed by atoms with Crippen molar-refractivity contribution in [3.05, 3.63) is 13.2 Å². The maximum absolute atomic E-state index is 7.62. The van der Waals surface area contributed by atoms with Crippen LogP contribution >= 0.6 is 0 Å². The molecule has 11 heavy (non-hydrogen) atoms. The average molecular weight is 162 g/mol. The third-order valence-corrected chi connectivity index (χ3v) is 0.927. The van der Waals surface area contributed by atoms with Gasteiger partial charge in [0.15, 0.2) is 0 Å². The number of aliphatic hydroxyl groups is 2. The van der Waals surface area contributed by atoms with Crippen LogP contribution in [0.4, 0.5) is 0 Å². The lowest BCUT2D eigenvalue weighted by Gasteiger charge is -1.76. The Bertz CT molecular complexity index is 43.7. The fourth-order valence-electron chi connectivity index (χ4n) is 0.510. The zero-order chi connectivity index (χ0) is 8.95. The lowest BCUT2D eigenvalue weighted by Crippen LogP contribution is -1.85. The molecule has 0 unspecified atom stereocenters. The molecular formula is C8H18O3. The SMILES string of the molecule is C1CCOC1.C=C.OCCO. The van der Waals surface area contributed by atoms with Crippen LogP contribution in [-0.4, -0.2) is 36.6 Å². The molecule has 0 saturated carbocycles. The summed E-state index contributed by atoms with van der Waals surface area (Å²) in [6.45, 7) is 7.75. The van der Waals surface area contributed by atoms with Gasteiger partial charge in [-0.25, -0.2) is 0 Å². The molecule has 0 aromatic rings. The average Bonchev–Trinajstić information content (AvgIpc) is 2.65. The van der Waals surface area contributed by atoms with Gasteiger partial charge in [-0.05, 0) is 12.8 Å². The maximum Gasteiger partial charge on any atom is 0.0662 e. The molecule has 68 valence electrons. The summed E-state index contributed by atoms with van der Waals surface area (Å²) >= 11 is 0. The van der Waals surface area contributed by atoms with Crippen molar-refractivity contribution in [3.8, 4) is 0 Å². The van der Waals surface area contributed by atoms with E-state index in [0.29, 0.717) is 0 Å². The molecule has 0 aromatic heterocycles. The van der Waals surface area contributed by atoms with E-state index < -0.39 is 0 Å². The third-order valence-electron chi connectivity index (χ3n) is 0.927. The van der Waals surface area contributed by atoms with Crippen molar-refractivity contribution in [1.29, 1.82) is 0 Å². The fourth-order valence-corrected chi connectivity index (χ4v) is 0.510. The number of hydrogen-bond donors (Lipinski definition) is 2. The maximum atomic E-state index is 7.62. The van der Waals surface area contributed by atoms with Crippen molar-refractivity contribution in [2.75, 3.05) is 26.4 Å². The second-order valence-corrected chi connectivity index (χ2v) is 1.77. The van der Waals surface area contributed by atoms with Crippen LogP contribution in [0.5, 0.6) is 0 Å². The van der Waals surface area contributed by atoms with Gasteiger partial charge in [-0.1, -0.05) is 0 Å². The van der Waals surface area contributed by atoms with Crippen molar-refractivity contribution in [1.82, 2.24) is 0 Å². The third kappa shape index (κ3) is 17.7. The summed E-state index contributed by atoms with van der Waals surface area (Å²) in [5, 5.41) is 15.2. The fraction of sp³-hybridized carbons (Fsp3) is 0.750. The highest BCUT2D eigenvalue weighted by Crippen LogP contribution is 1.98. The van der Waals surface area contributed by atoms with Crippen LogP contribution in [0.25, 0.3) is 0 Å². The molecule has 1 saturated heterocycles. The Morgan fingerprint density at radius 3 is 1.45 bits per heavy atom. The molecule has 1 aliphatic heterocycles. The van der Waals surface area contributed by atoms with Gasteiger partial charge in [0, 0.05) is 13.2 Å². The Kier molecular flexibility index (Phi) is 19.6. The van der Waals surface area contributed by atoms with Crippen LogP contribution in [0, 0.1) is 0 Å². The lowest BCUT2D eigenvalue weighted by molar-refractivity contribution is 0.186. The molecule has 1 fully saturated rings. The zero-order valence-electron chi connectivity index (χ0n) is 6.96. The van der Waals surface area contributed by atoms with E-state index in [1.165, 1.54) is 12.8 Å². The first kappa shape index (κ1) is 13.2. The topological polar surface area (TPSA) is 49.7 Å². The summed E-state index contributed by atoms with van der Waals surface area (Å²) < 4.78 is 4.94. The van der Waals surface area contributed by atoms with Gasteiger partial charge in [0.05, 0.1) is 13.2 Å². The molecule has 3 nitrogen and oxygen atoms in total. The van der Waals surface area contributed by atoms with Gasteiger partial charge in [-0.3, -0.25) is 0 Å². The summed E-state index contributed by atoms with van der Waals surface area (Å²) in [6, 6.07) is 0. The molecule has 0 spiro atoms. The second-order valence-electron chi connectivity index (χ2n) is 1.77. The Morgan fingerprint density at radius 1 is 1.00 bits per heavy atom. The van der Waals surface area contributed by atoms with Gasteiger partial charge >= 0.3 is 0 Å². The Labute approximate surface area is 68.3 Å². The van der Waals surface area contributed by atoms with E-state index in [4.69, 9.17) is 14.9 Å². The van der Waals surface area contributed by atoms with Crippen molar-refractivity contribution >= 4 is 0 Å². The molecule has 0 atom stereocenters. The van der Waals surface area contributed by atoms with E-state index in [1.807, 2.05) is 0 Å². The summed E-state index contributed by atoms with van der Waals surface area (Å²) in [7, 11) is 0. The molecule has 0 aliphatic carbocycles. The Morgan fingerprint density at radius 2 is 1.36 bits per heavy atom. The number of ether oxygens (including phenoxy) is 1. The molecule has 0 aromatic carbocycles. The highest BCUT2D eigenvalue weighted by Gasteiger charge is 1.94.